The van der Waals surface area contributed by atoms with Crippen molar-refractivity contribution in [3.8, 4) is 11.1 Å². The van der Waals surface area contributed by atoms with Gasteiger partial charge in [-0.25, -0.2) is 18.7 Å². The molecule has 0 bridgehead atoms. The van der Waals surface area contributed by atoms with Gasteiger partial charge in [0.1, 0.15) is 24.5 Å². The highest BCUT2D eigenvalue weighted by atomic mass is 35.5. The second-order valence-electron chi connectivity index (χ2n) is 7.38. The Balaban J connectivity index is 0.00000186. The number of carbonyl (C=O) groups is 3. The number of nitrogens with one attached hydrogen (secondary N) is 2. The Labute approximate surface area is 211 Å². The largest absolute Gasteiger partial charge is 0.416 e. The highest BCUT2D eigenvalue weighted by Crippen LogP contribution is 2.35. The molecule has 0 aliphatic heterocycles. The van der Waals surface area contributed by atoms with Crippen LogP contribution in [0.4, 0.5) is 39.5 Å². The summed E-state index contributed by atoms with van der Waals surface area (Å²) >= 11 is 5.87. The third kappa shape index (κ3) is 5.67. The van der Waals surface area contributed by atoms with Crippen molar-refractivity contribution >= 4 is 52.9 Å². The number of nitrogen functional groups attached to an aromatic ring is 1. The van der Waals surface area contributed by atoms with Crippen LogP contribution in [-0.2, 0) is 11.0 Å². The standard InChI is InChI=1S/C22H15ClF4N6O2.CH2O/c1-10(34)13-8-33-19(20(28)29-9-30-33)18(13)11-2-5-16(15(24)6-11)31-21(35)32-17-7-12(22(25,26)27)3-4-14(17)23;1-2/h2-9H,1H3,(H2,28,29,30)(H2,31,32,35);1H2. The fourth-order valence-electron chi connectivity index (χ4n) is 3.44. The first kappa shape index (κ1) is 27.1. The zero-order chi connectivity index (χ0) is 27.5. The molecular formula is C23H17ClF4N6O3. The van der Waals surface area contributed by atoms with Gasteiger partial charge in [-0.15, -0.1) is 0 Å². The molecule has 2 heterocycles. The smallest absolute Gasteiger partial charge is 0.382 e. The van der Waals surface area contributed by atoms with Gasteiger partial charge in [0.25, 0.3) is 0 Å². The Morgan fingerprint density at radius 1 is 1.08 bits per heavy atom. The number of nitrogens with two attached hydrogens (primary N) is 1. The van der Waals surface area contributed by atoms with Gasteiger partial charge >= 0.3 is 12.2 Å². The summed E-state index contributed by atoms with van der Waals surface area (Å²) < 4.78 is 55.1. The van der Waals surface area contributed by atoms with E-state index in [-0.39, 0.29) is 39.1 Å². The number of aromatic nitrogens is 3. The van der Waals surface area contributed by atoms with Crippen molar-refractivity contribution in [2.45, 2.75) is 13.1 Å². The van der Waals surface area contributed by atoms with E-state index in [9.17, 15) is 27.2 Å². The highest BCUT2D eigenvalue weighted by molar-refractivity contribution is 6.33. The molecule has 0 unspecified atom stereocenters. The van der Waals surface area contributed by atoms with Gasteiger partial charge in [0, 0.05) is 17.3 Å². The van der Waals surface area contributed by atoms with Crippen LogP contribution in [0, 0.1) is 5.82 Å². The van der Waals surface area contributed by atoms with E-state index in [1.54, 1.807) is 0 Å². The number of Topliss-reactive ketones (excluding diaryl/α,β-unsaturated/α-hetero) is 1. The van der Waals surface area contributed by atoms with Crippen LogP contribution in [0.15, 0.2) is 48.9 Å². The number of alkyl halides is 3. The van der Waals surface area contributed by atoms with Crippen LogP contribution in [0.5, 0.6) is 0 Å². The van der Waals surface area contributed by atoms with Gasteiger partial charge in [-0.1, -0.05) is 17.7 Å². The number of fused-ring (bicyclic) bond motifs is 1. The Morgan fingerprint density at radius 3 is 2.38 bits per heavy atom. The fraction of sp³-hybridized carbons (Fsp3) is 0.0870. The number of ketones is 1. The van der Waals surface area contributed by atoms with Crippen LogP contribution >= 0.6 is 11.6 Å². The maximum absolute atomic E-state index is 14.9. The number of amides is 2. The van der Waals surface area contributed by atoms with Crippen molar-refractivity contribution in [2.75, 3.05) is 16.4 Å². The third-order valence-corrected chi connectivity index (χ3v) is 5.36. The van der Waals surface area contributed by atoms with Crippen molar-refractivity contribution in [3.05, 3.63) is 70.9 Å². The van der Waals surface area contributed by atoms with Crippen molar-refractivity contribution in [1.29, 1.82) is 0 Å². The quantitative estimate of drug-likeness (QED) is 0.235. The molecule has 0 aliphatic carbocycles. The minimum Gasteiger partial charge on any atom is -0.382 e. The lowest BCUT2D eigenvalue weighted by Crippen LogP contribution is -2.20. The highest BCUT2D eigenvalue weighted by Gasteiger charge is 2.31. The first-order valence-corrected chi connectivity index (χ1v) is 10.5. The minimum atomic E-state index is -4.64. The van der Waals surface area contributed by atoms with Crippen LogP contribution in [-0.4, -0.2) is 33.2 Å². The van der Waals surface area contributed by atoms with E-state index in [1.807, 2.05) is 6.79 Å². The molecule has 4 rings (SSSR count). The summed E-state index contributed by atoms with van der Waals surface area (Å²) in [5.74, 6) is -1.12. The van der Waals surface area contributed by atoms with Gasteiger partial charge in [0.05, 0.1) is 22.0 Å². The molecule has 4 aromatic rings. The number of hydrogen-bond donors (Lipinski definition) is 3. The second kappa shape index (κ2) is 10.6. The normalized spacial score (nSPS) is 11.0. The number of benzene rings is 2. The van der Waals surface area contributed by atoms with Crippen LogP contribution < -0.4 is 16.4 Å². The number of rotatable bonds is 4. The van der Waals surface area contributed by atoms with Crippen LogP contribution in [0.2, 0.25) is 5.02 Å². The summed E-state index contributed by atoms with van der Waals surface area (Å²) in [7, 11) is 0. The van der Waals surface area contributed by atoms with Crippen molar-refractivity contribution < 1.29 is 31.9 Å². The van der Waals surface area contributed by atoms with Gasteiger partial charge in [-0.2, -0.15) is 18.3 Å². The van der Waals surface area contributed by atoms with E-state index < -0.39 is 23.6 Å². The molecule has 14 heteroatoms. The van der Waals surface area contributed by atoms with E-state index in [4.69, 9.17) is 22.1 Å². The maximum atomic E-state index is 14.9. The molecule has 0 atom stereocenters. The Morgan fingerprint density at radius 2 is 1.76 bits per heavy atom. The fourth-order valence-corrected chi connectivity index (χ4v) is 3.60. The first-order valence-electron chi connectivity index (χ1n) is 10.1. The molecule has 2 aromatic heterocycles. The zero-order valence-electron chi connectivity index (χ0n) is 18.9. The topological polar surface area (TPSA) is 131 Å². The average molecular weight is 537 g/mol. The summed E-state index contributed by atoms with van der Waals surface area (Å²) in [6.07, 6.45) is -1.99. The van der Waals surface area contributed by atoms with Gasteiger partial charge < -0.3 is 21.2 Å². The van der Waals surface area contributed by atoms with Gasteiger partial charge in [0.2, 0.25) is 0 Å². The second-order valence-corrected chi connectivity index (χ2v) is 7.79. The number of nitrogens with zero attached hydrogens (tertiary/aromatic N) is 3. The summed E-state index contributed by atoms with van der Waals surface area (Å²) in [4.78, 5) is 36.4. The lowest BCUT2D eigenvalue weighted by atomic mass is 10.00. The van der Waals surface area contributed by atoms with Crippen LogP contribution in [0.1, 0.15) is 22.8 Å². The summed E-state index contributed by atoms with van der Waals surface area (Å²) in [6.45, 7) is 3.33. The molecule has 4 N–H and O–H groups in total. The molecule has 0 radical (unpaired) electrons. The van der Waals surface area contributed by atoms with Crippen molar-refractivity contribution in [1.82, 2.24) is 14.6 Å². The predicted molar refractivity (Wildman–Crippen MR) is 129 cm³/mol. The van der Waals surface area contributed by atoms with Gasteiger partial charge in [0.15, 0.2) is 11.6 Å². The lowest BCUT2D eigenvalue weighted by molar-refractivity contribution is -0.137. The molecule has 2 amide bonds. The molecule has 192 valence electrons. The number of carbonyl (C=O) groups excluding carboxylic acids is 3. The molecule has 0 spiro atoms. The Bertz CT molecular complexity index is 1510. The Hall–Kier alpha value is -4.52. The van der Waals surface area contributed by atoms with Crippen LogP contribution in [0.25, 0.3) is 16.6 Å². The maximum Gasteiger partial charge on any atom is 0.416 e. The molecule has 0 aliphatic rings. The molecule has 2 aromatic carbocycles. The molecule has 37 heavy (non-hydrogen) atoms. The molecular weight excluding hydrogens is 520 g/mol. The van der Waals surface area contributed by atoms with Crippen molar-refractivity contribution in [2.24, 2.45) is 0 Å². The van der Waals surface area contributed by atoms with E-state index in [1.165, 1.54) is 36.1 Å². The van der Waals surface area contributed by atoms with E-state index >= 15 is 0 Å². The molecule has 0 fully saturated rings. The van der Waals surface area contributed by atoms with Crippen molar-refractivity contribution in [3.63, 3.8) is 0 Å². The number of urea groups is 1. The van der Waals surface area contributed by atoms with Gasteiger partial charge in [-0.05, 0) is 42.8 Å². The number of hydrogen-bond acceptors (Lipinski definition) is 6. The summed E-state index contributed by atoms with van der Waals surface area (Å²) in [5.41, 5.74) is 5.45. The molecule has 9 nitrogen and oxygen atoms in total. The van der Waals surface area contributed by atoms with E-state index in [0.29, 0.717) is 17.1 Å². The average Bonchev–Trinajstić information content (AvgIpc) is 3.24. The third-order valence-electron chi connectivity index (χ3n) is 5.03. The molecule has 0 saturated carbocycles. The zero-order valence-corrected chi connectivity index (χ0v) is 19.6. The van der Waals surface area contributed by atoms with E-state index in [2.05, 4.69) is 20.7 Å². The van der Waals surface area contributed by atoms with E-state index in [0.717, 1.165) is 18.2 Å². The summed E-state index contributed by atoms with van der Waals surface area (Å²) in [6, 6.07) is 5.13. The lowest BCUT2D eigenvalue weighted by Gasteiger charge is -2.13. The molecule has 0 saturated heterocycles. The Kier molecular flexibility index (Phi) is 7.77. The minimum absolute atomic E-state index is 0.0717. The summed E-state index contributed by atoms with van der Waals surface area (Å²) in [5, 5.41) is 8.26. The number of anilines is 3. The van der Waals surface area contributed by atoms with Crippen LogP contribution in [0.3, 0.4) is 0 Å². The first-order chi connectivity index (χ1) is 17.5. The SMILES string of the molecule is C=O.CC(=O)c1cn2ncnc(N)c2c1-c1ccc(NC(=O)Nc2cc(C(F)(F)F)ccc2Cl)c(F)c1. The monoisotopic (exact) mass is 536 g/mol. The van der Waals surface area contributed by atoms with Gasteiger partial charge in [-0.3, -0.25) is 4.79 Å². The number of halogens is 5. The predicted octanol–water partition coefficient (Wildman–Crippen LogP) is 5.45.